The summed E-state index contributed by atoms with van der Waals surface area (Å²) < 4.78 is 15.7. The number of hydrogen-bond donors (Lipinski definition) is 1. The molecule has 90 valence electrons. The lowest BCUT2D eigenvalue weighted by Gasteiger charge is -2.09. The molecule has 0 unspecified atom stereocenters. The Hall–Kier alpha value is -0.820. The molecule has 0 saturated heterocycles. The molecule has 17 heavy (non-hydrogen) atoms. The lowest BCUT2D eigenvalue weighted by Crippen LogP contribution is -2.07. The zero-order valence-electron chi connectivity index (χ0n) is 9.04. The van der Waals surface area contributed by atoms with E-state index in [-0.39, 0.29) is 5.82 Å². The third kappa shape index (κ3) is 2.71. The van der Waals surface area contributed by atoms with Gasteiger partial charge in [-0.2, -0.15) is 0 Å². The number of hydrogen-bond acceptors (Lipinski definition) is 2. The Bertz CT molecular complexity index is 542. The average Bonchev–Trinajstić information content (AvgIpc) is 2.62. The Morgan fingerprint density at radius 1 is 1.53 bits per heavy atom. The predicted octanol–water partition coefficient (Wildman–Crippen LogP) is 3.43. The second-order valence-electron chi connectivity index (χ2n) is 3.51. The van der Waals surface area contributed by atoms with Crippen molar-refractivity contribution in [3.8, 4) is 0 Å². The molecular formula is C11H10ClFIN3. The predicted molar refractivity (Wildman–Crippen MR) is 74.7 cm³/mol. The molecule has 0 aliphatic carbocycles. The van der Waals surface area contributed by atoms with Crippen LogP contribution in [0.3, 0.4) is 0 Å². The molecule has 1 heterocycles. The molecule has 2 rings (SSSR count). The van der Waals surface area contributed by atoms with Gasteiger partial charge in [0.15, 0.2) is 0 Å². The van der Waals surface area contributed by atoms with Gasteiger partial charge in [-0.25, -0.2) is 9.37 Å². The van der Waals surface area contributed by atoms with Gasteiger partial charge in [0.25, 0.3) is 0 Å². The summed E-state index contributed by atoms with van der Waals surface area (Å²) in [6.45, 7) is 0.503. The minimum absolute atomic E-state index is 0.228. The van der Waals surface area contributed by atoms with Crippen LogP contribution in [0, 0.1) is 9.39 Å². The minimum Gasteiger partial charge on any atom is -0.377 e. The maximum atomic E-state index is 13.3. The van der Waals surface area contributed by atoms with Crippen molar-refractivity contribution in [3.05, 3.63) is 44.8 Å². The Morgan fingerprint density at radius 2 is 2.29 bits per heavy atom. The highest BCUT2D eigenvalue weighted by Crippen LogP contribution is 2.21. The lowest BCUT2D eigenvalue weighted by atomic mass is 10.3. The maximum absolute atomic E-state index is 13.3. The van der Waals surface area contributed by atoms with E-state index in [1.54, 1.807) is 16.8 Å². The van der Waals surface area contributed by atoms with Gasteiger partial charge in [0.2, 0.25) is 0 Å². The van der Waals surface area contributed by atoms with Gasteiger partial charge >= 0.3 is 0 Å². The molecule has 0 fully saturated rings. The second-order valence-corrected chi connectivity index (χ2v) is 4.98. The number of benzene rings is 1. The van der Waals surface area contributed by atoms with Crippen LogP contribution in [0.4, 0.5) is 10.1 Å². The number of nitrogens with one attached hydrogen (secondary N) is 1. The Balaban J connectivity index is 2.13. The first kappa shape index (κ1) is 12.6. The van der Waals surface area contributed by atoms with E-state index in [1.165, 1.54) is 6.07 Å². The van der Waals surface area contributed by atoms with Crippen molar-refractivity contribution in [1.82, 2.24) is 9.55 Å². The highest BCUT2D eigenvalue weighted by atomic mass is 127. The van der Waals surface area contributed by atoms with Gasteiger partial charge in [0.05, 0.1) is 22.0 Å². The fourth-order valence-electron chi connectivity index (χ4n) is 1.40. The normalized spacial score (nSPS) is 10.6. The van der Waals surface area contributed by atoms with Crippen LogP contribution >= 0.6 is 34.2 Å². The highest BCUT2D eigenvalue weighted by Gasteiger charge is 2.07. The molecular weight excluding hydrogens is 355 g/mol. The van der Waals surface area contributed by atoms with E-state index in [1.807, 2.05) is 35.7 Å². The van der Waals surface area contributed by atoms with Crippen molar-refractivity contribution in [2.24, 2.45) is 7.05 Å². The molecule has 0 spiro atoms. The van der Waals surface area contributed by atoms with Gasteiger partial charge in [-0.1, -0.05) is 17.7 Å². The van der Waals surface area contributed by atoms with Crippen LogP contribution in [0.2, 0.25) is 5.15 Å². The van der Waals surface area contributed by atoms with Gasteiger partial charge in [-0.3, -0.25) is 0 Å². The zero-order chi connectivity index (χ0) is 12.4. The first-order valence-electron chi connectivity index (χ1n) is 4.93. The van der Waals surface area contributed by atoms with Crippen molar-refractivity contribution in [2.75, 3.05) is 5.32 Å². The maximum Gasteiger partial charge on any atom is 0.138 e. The van der Waals surface area contributed by atoms with E-state index in [0.29, 0.717) is 15.3 Å². The summed E-state index contributed by atoms with van der Waals surface area (Å²) in [4.78, 5) is 4.15. The van der Waals surface area contributed by atoms with E-state index in [4.69, 9.17) is 11.6 Å². The van der Waals surface area contributed by atoms with Gasteiger partial charge in [0.1, 0.15) is 16.8 Å². The third-order valence-electron chi connectivity index (χ3n) is 2.42. The number of anilines is 1. The standard InChI is InChI=1S/C11H10ClFIN3/c1-17-9(12)5-16-10(17)6-15-8-4-2-3-7(13)11(8)14/h2-5,15H,6H2,1H3. The van der Waals surface area contributed by atoms with E-state index >= 15 is 0 Å². The molecule has 0 atom stereocenters. The smallest absolute Gasteiger partial charge is 0.138 e. The quantitative estimate of drug-likeness (QED) is 0.845. The summed E-state index contributed by atoms with van der Waals surface area (Å²) in [6, 6.07) is 4.94. The van der Waals surface area contributed by atoms with Crippen molar-refractivity contribution in [3.63, 3.8) is 0 Å². The fraction of sp³-hybridized carbons (Fsp3) is 0.182. The average molecular weight is 366 g/mol. The van der Waals surface area contributed by atoms with E-state index in [2.05, 4.69) is 10.3 Å². The number of halogens is 3. The molecule has 6 heteroatoms. The summed E-state index contributed by atoms with van der Waals surface area (Å²) >= 11 is 7.85. The van der Waals surface area contributed by atoms with Crippen molar-refractivity contribution < 1.29 is 4.39 Å². The highest BCUT2D eigenvalue weighted by molar-refractivity contribution is 14.1. The van der Waals surface area contributed by atoms with Gasteiger partial charge in [-0.15, -0.1) is 0 Å². The van der Waals surface area contributed by atoms with Crippen LogP contribution in [0.1, 0.15) is 5.82 Å². The molecule has 0 radical (unpaired) electrons. The third-order valence-corrected chi connectivity index (χ3v) is 3.86. The number of nitrogens with zero attached hydrogens (tertiary/aromatic N) is 2. The monoisotopic (exact) mass is 365 g/mol. The summed E-state index contributed by atoms with van der Waals surface area (Å²) in [5.74, 6) is 0.573. The summed E-state index contributed by atoms with van der Waals surface area (Å²) in [6.07, 6.45) is 1.59. The summed E-state index contributed by atoms with van der Waals surface area (Å²) in [7, 11) is 1.84. The second kappa shape index (κ2) is 5.22. The first-order chi connectivity index (χ1) is 8.09. The van der Waals surface area contributed by atoms with E-state index in [0.717, 1.165) is 11.5 Å². The SMILES string of the molecule is Cn1c(Cl)cnc1CNc1cccc(F)c1I. The van der Waals surface area contributed by atoms with Gasteiger partial charge < -0.3 is 9.88 Å². The van der Waals surface area contributed by atoms with Crippen LogP contribution < -0.4 is 5.32 Å². The summed E-state index contributed by atoms with van der Waals surface area (Å²) in [5, 5.41) is 3.71. The van der Waals surface area contributed by atoms with Crippen molar-refractivity contribution in [2.45, 2.75) is 6.54 Å². The van der Waals surface area contributed by atoms with Crippen LogP contribution in [0.15, 0.2) is 24.4 Å². The molecule has 1 N–H and O–H groups in total. The van der Waals surface area contributed by atoms with E-state index < -0.39 is 0 Å². The molecule has 0 bridgehead atoms. The molecule has 3 nitrogen and oxygen atoms in total. The van der Waals surface area contributed by atoms with Crippen LogP contribution in [-0.2, 0) is 13.6 Å². The fourth-order valence-corrected chi connectivity index (χ4v) is 2.10. The topological polar surface area (TPSA) is 29.9 Å². The number of imidazole rings is 1. The van der Waals surface area contributed by atoms with Crippen molar-refractivity contribution in [1.29, 1.82) is 0 Å². The Morgan fingerprint density at radius 3 is 2.94 bits per heavy atom. The van der Waals surface area contributed by atoms with Crippen molar-refractivity contribution >= 4 is 39.9 Å². The number of rotatable bonds is 3. The largest absolute Gasteiger partial charge is 0.377 e. The molecule has 0 saturated carbocycles. The van der Waals surface area contributed by atoms with Gasteiger partial charge in [-0.05, 0) is 34.7 Å². The van der Waals surface area contributed by atoms with Crippen LogP contribution in [0.25, 0.3) is 0 Å². The minimum atomic E-state index is -0.228. The molecule has 1 aromatic heterocycles. The van der Waals surface area contributed by atoms with Crippen LogP contribution in [0.5, 0.6) is 0 Å². The molecule has 2 aromatic rings. The van der Waals surface area contributed by atoms with Gasteiger partial charge in [0, 0.05) is 7.05 Å². The summed E-state index contributed by atoms with van der Waals surface area (Å²) in [5.41, 5.74) is 0.754. The number of aromatic nitrogens is 2. The molecule has 0 aliphatic heterocycles. The Labute approximate surface area is 117 Å². The van der Waals surface area contributed by atoms with Crippen LogP contribution in [-0.4, -0.2) is 9.55 Å². The molecule has 0 aliphatic rings. The molecule has 1 aromatic carbocycles. The van der Waals surface area contributed by atoms with E-state index in [9.17, 15) is 4.39 Å². The first-order valence-corrected chi connectivity index (χ1v) is 6.39. The molecule has 0 amide bonds. The lowest BCUT2D eigenvalue weighted by molar-refractivity contribution is 0.620. The Kier molecular flexibility index (Phi) is 3.88. The zero-order valence-corrected chi connectivity index (χ0v) is 12.0.